The Morgan fingerprint density at radius 3 is 2.62 bits per heavy atom. The Bertz CT molecular complexity index is 890. The topological polar surface area (TPSA) is 56.3 Å². The van der Waals surface area contributed by atoms with Gasteiger partial charge in [-0.2, -0.15) is 0 Å². The van der Waals surface area contributed by atoms with Crippen LogP contribution in [0.15, 0.2) is 48.5 Å². The second-order valence-corrected chi connectivity index (χ2v) is 7.03. The number of nitrogens with zero attached hydrogens (tertiary/aromatic N) is 2. The van der Waals surface area contributed by atoms with Gasteiger partial charge < -0.3 is 14.8 Å². The van der Waals surface area contributed by atoms with E-state index in [1.54, 1.807) is 11.3 Å². The Labute approximate surface area is 143 Å². The van der Waals surface area contributed by atoms with E-state index in [0.29, 0.717) is 6.79 Å². The molecule has 5 nitrogen and oxygen atoms in total. The van der Waals surface area contributed by atoms with Crippen LogP contribution >= 0.6 is 11.3 Å². The van der Waals surface area contributed by atoms with Crippen molar-refractivity contribution in [2.75, 3.05) is 12.1 Å². The first kappa shape index (κ1) is 13.8. The molecule has 1 N–H and O–H groups in total. The molecule has 3 aromatic rings. The van der Waals surface area contributed by atoms with Gasteiger partial charge in [0.05, 0.1) is 5.54 Å². The molecule has 6 heteroatoms. The van der Waals surface area contributed by atoms with Crippen molar-refractivity contribution in [2.45, 2.75) is 18.4 Å². The number of anilines is 1. The van der Waals surface area contributed by atoms with Crippen LogP contribution in [0.5, 0.6) is 11.5 Å². The van der Waals surface area contributed by atoms with E-state index in [2.05, 4.69) is 39.8 Å². The zero-order chi connectivity index (χ0) is 16.0. The zero-order valence-corrected chi connectivity index (χ0v) is 13.7. The molecular formula is C18H15N3O2S. The normalized spacial score (nSPS) is 16.8. The minimum atomic E-state index is -0.0610. The number of nitrogens with one attached hydrogen (secondary N) is 1. The summed E-state index contributed by atoms with van der Waals surface area (Å²) in [6.45, 7) is 0.302. The van der Waals surface area contributed by atoms with Crippen LogP contribution in [0, 0.1) is 0 Å². The van der Waals surface area contributed by atoms with Crippen LogP contribution in [0.2, 0.25) is 0 Å². The van der Waals surface area contributed by atoms with E-state index < -0.39 is 0 Å². The standard InChI is InChI=1S/C18H15N3O2S/c1-2-4-12(5-3-1)16-20-21-17(24-16)19-18(8-9-18)13-6-7-14-15(10-13)23-11-22-14/h1-7,10H,8-9,11H2,(H,19,21). The molecular weight excluding hydrogens is 322 g/mol. The summed E-state index contributed by atoms with van der Waals surface area (Å²) in [4.78, 5) is 0. The van der Waals surface area contributed by atoms with E-state index >= 15 is 0 Å². The van der Waals surface area contributed by atoms with E-state index in [4.69, 9.17) is 9.47 Å². The molecule has 2 heterocycles. The minimum absolute atomic E-state index is 0.0610. The third-order valence-electron chi connectivity index (χ3n) is 4.47. The number of hydrogen-bond acceptors (Lipinski definition) is 6. The van der Waals surface area contributed by atoms with Crippen molar-refractivity contribution in [2.24, 2.45) is 0 Å². The van der Waals surface area contributed by atoms with Crippen molar-refractivity contribution in [1.82, 2.24) is 10.2 Å². The Balaban J connectivity index is 1.41. The average molecular weight is 337 g/mol. The molecule has 24 heavy (non-hydrogen) atoms. The van der Waals surface area contributed by atoms with E-state index in [1.807, 2.05) is 24.3 Å². The first-order valence-corrected chi connectivity index (χ1v) is 8.71. The van der Waals surface area contributed by atoms with Crippen LogP contribution in [-0.4, -0.2) is 17.0 Å². The molecule has 0 unspecified atom stereocenters. The molecule has 1 aromatic heterocycles. The Hall–Kier alpha value is -2.60. The van der Waals surface area contributed by atoms with E-state index in [-0.39, 0.29) is 5.54 Å². The number of rotatable bonds is 4. The van der Waals surface area contributed by atoms with Crippen molar-refractivity contribution >= 4 is 16.5 Å². The summed E-state index contributed by atoms with van der Waals surface area (Å²) in [5, 5.41) is 14.0. The maximum atomic E-state index is 5.50. The van der Waals surface area contributed by atoms with Gasteiger partial charge in [0.1, 0.15) is 5.01 Å². The number of aromatic nitrogens is 2. The lowest BCUT2D eigenvalue weighted by molar-refractivity contribution is 0.174. The van der Waals surface area contributed by atoms with Crippen LogP contribution < -0.4 is 14.8 Å². The SMILES string of the molecule is c1ccc(-c2nnc(NC3(c4ccc5c(c4)OCO5)CC3)s2)cc1. The van der Waals surface area contributed by atoms with Crippen molar-refractivity contribution in [3.8, 4) is 22.1 Å². The van der Waals surface area contributed by atoms with Gasteiger partial charge in [-0.25, -0.2) is 0 Å². The molecule has 2 aliphatic rings. The highest BCUT2D eigenvalue weighted by molar-refractivity contribution is 7.18. The monoisotopic (exact) mass is 337 g/mol. The number of hydrogen-bond donors (Lipinski definition) is 1. The first-order valence-electron chi connectivity index (χ1n) is 7.90. The van der Waals surface area contributed by atoms with Crippen molar-refractivity contribution in [3.05, 3.63) is 54.1 Å². The average Bonchev–Trinajstić information content (AvgIpc) is 3.05. The molecule has 0 amide bonds. The van der Waals surface area contributed by atoms with Crippen LogP contribution in [0.25, 0.3) is 10.6 Å². The number of fused-ring (bicyclic) bond motifs is 1. The van der Waals surface area contributed by atoms with Gasteiger partial charge in [0.15, 0.2) is 11.5 Å². The molecule has 1 aliphatic carbocycles. The molecule has 5 rings (SSSR count). The van der Waals surface area contributed by atoms with Crippen molar-refractivity contribution < 1.29 is 9.47 Å². The highest BCUT2D eigenvalue weighted by Gasteiger charge is 2.45. The predicted molar refractivity (Wildman–Crippen MR) is 92.4 cm³/mol. The second kappa shape index (κ2) is 5.21. The molecule has 0 radical (unpaired) electrons. The lowest BCUT2D eigenvalue weighted by Crippen LogP contribution is -2.18. The van der Waals surface area contributed by atoms with Crippen LogP contribution in [-0.2, 0) is 5.54 Å². The Morgan fingerprint density at radius 1 is 0.958 bits per heavy atom. The number of benzene rings is 2. The summed E-state index contributed by atoms with van der Waals surface area (Å²) >= 11 is 1.58. The van der Waals surface area contributed by atoms with E-state index in [1.165, 1.54) is 5.56 Å². The number of ether oxygens (including phenoxy) is 2. The highest BCUT2D eigenvalue weighted by Crippen LogP contribution is 2.50. The zero-order valence-electron chi connectivity index (χ0n) is 12.9. The van der Waals surface area contributed by atoms with Gasteiger partial charge >= 0.3 is 0 Å². The maximum absolute atomic E-state index is 5.50. The Kier molecular flexibility index (Phi) is 2.99. The van der Waals surface area contributed by atoms with E-state index in [9.17, 15) is 0 Å². The van der Waals surface area contributed by atoms with Crippen molar-refractivity contribution in [3.63, 3.8) is 0 Å². The van der Waals surface area contributed by atoms with Gasteiger partial charge in [0.25, 0.3) is 0 Å². The van der Waals surface area contributed by atoms with Gasteiger partial charge in [-0.05, 0) is 30.5 Å². The molecule has 1 saturated carbocycles. The van der Waals surface area contributed by atoms with Crippen molar-refractivity contribution in [1.29, 1.82) is 0 Å². The van der Waals surface area contributed by atoms with Crippen LogP contribution in [0.3, 0.4) is 0 Å². The van der Waals surface area contributed by atoms with Crippen LogP contribution in [0.1, 0.15) is 18.4 Å². The van der Waals surface area contributed by atoms with E-state index in [0.717, 1.165) is 40.0 Å². The third-order valence-corrected chi connectivity index (χ3v) is 5.35. The summed E-state index contributed by atoms with van der Waals surface area (Å²) < 4.78 is 10.9. The van der Waals surface area contributed by atoms with Gasteiger partial charge in [-0.15, -0.1) is 10.2 Å². The minimum Gasteiger partial charge on any atom is -0.454 e. The van der Waals surface area contributed by atoms with Gasteiger partial charge in [0, 0.05) is 5.56 Å². The molecule has 0 atom stereocenters. The fraction of sp³-hybridized carbons (Fsp3) is 0.222. The van der Waals surface area contributed by atoms with Crippen LogP contribution in [0.4, 0.5) is 5.13 Å². The summed E-state index contributed by atoms with van der Waals surface area (Å²) in [5.74, 6) is 1.64. The molecule has 120 valence electrons. The van der Waals surface area contributed by atoms with Gasteiger partial charge in [0.2, 0.25) is 11.9 Å². The molecule has 2 aromatic carbocycles. The second-order valence-electron chi connectivity index (χ2n) is 6.05. The lowest BCUT2D eigenvalue weighted by Gasteiger charge is -2.17. The fourth-order valence-electron chi connectivity index (χ4n) is 2.98. The summed E-state index contributed by atoms with van der Waals surface area (Å²) in [6, 6.07) is 16.3. The van der Waals surface area contributed by atoms with Gasteiger partial charge in [-0.1, -0.05) is 47.7 Å². The molecule has 0 spiro atoms. The summed E-state index contributed by atoms with van der Waals surface area (Å²) in [6.07, 6.45) is 2.15. The predicted octanol–water partition coefficient (Wildman–Crippen LogP) is 4.04. The molecule has 1 aliphatic heterocycles. The third kappa shape index (κ3) is 2.30. The largest absolute Gasteiger partial charge is 0.454 e. The molecule has 1 fully saturated rings. The maximum Gasteiger partial charge on any atom is 0.231 e. The molecule has 0 saturated heterocycles. The lowest BCUT2D eigenvalue weighted by atomic mass is 10.0. The van der Waals surface area contributed by atoms with Gasteiger partial charge in [-0.3, -0.25) is 0 Å². The first-order chi connectivity index (χ1) is 11.8. The summed E-state index contributed by atoms with van der Waals surface area (Å²) in [5.41, 5.74) is 2.24. The smallest absolute Gasteiger partial charge is 0.231 e. The quantitative estimate of drug-likeness (QED) is 0.779. The molecule has 0 bridgehead atoms. The summed E-state index contributed by atoms with van der Waals surface area (Å²) in [7, 11) is 0. The highest BCUT2D eigenvalue weighted by atomic mass is 32.1. The fourth-order valence-corrected chi connectivity index (χ4v) is 3.83. The Morgan fingerprint density at radius 2 is 1.79 bits per heavy atom.